The maximum absolute atomic E-state index is 12.9. The molecule has 4 atom stereocenters. The fourth-order valence-electron chi connectivity index (χ4n) is 4.81. The molecule has 0 bridgehead atoms. The van der Waals surface area contributed by atoms with Crippen molar-refractivity contribution in [2.45, 2.75) is 77.0 Å². The molecule has 1 saturated carbocycles. The van der Waals surface area contributed by atoms with Crippen LogP contribution >= 0.6 is 0 Å². The van der Waals surface area contributed by atoms with Crippen molar-refractivity contribution in [3.63, 3.8) is 0 Å². The van der Waals surface area contributed by atoms with Gasteiger partial charge in [-0.2, -0.15) is 0 Å². The molecule has 5 nitrogen and oxygen atoms in total. The van der Waals surface area contributed by atoms with E-state index in [-0.39, 0.29) is 18.0 Å². The van der Waals surface area contributed by atoms with E-state index in [9.17, 15) is 4.79 Å². The van der Waals surface area contributed by atoms with Crippen LogP contribution in [-0.2, 0) is 4.79 Å². The van der Waals surface area contributed by atoms with Crippen molar-refractivity contribution in [1.82, 2.24) is 20.2 Å². The zero-order valence-electron chi connectivity index (χ0n) is 16.0. The normalized spacial score (nSPS) is 26.8. The molecule has 1 saturated heterocycles. The van der Waals surface area contributed by atoms with Crippen LogP contribution in [0.25, 0.3) is 11.0 Å². The quantitative estimate of drug-likeness (QED) is 0.880. The highest BCUT2D eigenvalue weighted by molar-refractivity contribution is 5.83. The van der Waals surface area contributed by atoms with Gasteiger partial charge in [-0.1, -0.05) is 25.0 Å². The summed E-state index contributed by atoms with van der Waals surface area (Å²) in [6.45, 7) is 6.37. The van der Waals surface area contributed by atoms with E-state index in [1.165, 1.54) is 25.7 Å². The fraction of sp³-hybridized carbons (Fsp3) is 0.619. The molecule has 1 aliphatic carbocycles. The molecule has 1 aromatic carbocycles. The van der Waals surface area contributed by atoms with Crippen LogP contribution in [0.15, 0.2) is 24.3 Å². The van der Waals surface area contributed by atoms with Crippen molar-refractivity contribution in [3.8, 4) is 0 Å². The van der Waals surface area contributed by atoms with Gasteiger partial charge < -0.3 is 15.2 Å². The zero-order chi connectivity index (χ0) is 18.3. The summed E-state index contributed by atoms with van der Waals surface area (Å²) in [5.41, 5.74) is 2.12. The number of carbonyl (C=O) groups excluding carboxylic acids is 1. The lowest BCUT2D eigenvalue weighted by Crippen LogP contribution is -2.44. The van der Waals surface area contributed by atoms with Crippen LogP contribution in [0.5, 0.6) is 0 Å². The lowest BCUT2D eigenvalue weighted by atomic mass is 9.85. The van der Waals surface area contributed by atoms with E-state index in [1.807, 2.05) is 25.1 Å². The lowest BCUT2D eigenvalue weighted by Gasteiger charge is -2.24. The number of hydrogen-bond acceptors (Lipinski definition) is 3. The Kier molecular flexibility index (Phi) is 4.74. The van der Waals surface area contributed by atoms with E-state index in [0.717, 1.165) is 23.3 Å². The number of fused-ring (bicyclic) bond motifs is 2. The van der Waals surface area contributed by atoms with E-state index < -0.39 is 0 Å². The van der Waals surface area contributed by atoms with Gasteiger partial charge in [0.15, 0.2) is 0 Å². The number of nitrogens with one attached hydrogen (secondary N) is 2. The number of aromatic nitrogens is 2. The number of hydrogen-bond donors (Lipinski definition) is 2. The van der Waals surface area contributed by atoms with E-state index in [0.29, 0.717) is 18.0 Å². The molecule has 26 heavy (non-hydrogen) atoms. The Hall–Kier alpha value is -1.88. The van der Waals surface area contributed by atoms with Crippen LogP contribution < -0.4 is 10.6 Å². The number of imidazole rings is 1. The summed E-state index contributed by atoms with van der Waals surface area (Å²) in [6.07, 6.45) is 6.06. The molecule has 2 N–H and O–H groups in total. The third-order valence-corrected chi connectivity index (χ3v) is 6.06. The molecule has 5 heteroatoms. The van der Waals surface area contributed by atoms with Gasteiger partial charge in [0.1, 0.15) is 5.82 Å². The van der Waals surface area contributed by atoms with Gasteiger partial charge in [-0.3, -0.25) is 4.79 Å². The zero-order valence-corrected chi connectivity index (χ0v) is 16.0. The molecular weight excluding hydrogens is 324 g/mol. The topological polar surface area (TPSA) is 59.0 Å². The molecule has 2 fully saturated rings. The summed E-state index contributed by atoms with van der Waals surface area (Å²) in [7, 11) is 0. The van der Waals surface area contributed by atoms with Crippen LogP contribution in [0.1, 0.15) is 70.8 Å². The summed E-state index contributed by atoms with van der Waals surface area (Å²) in [5.74, 6) is 1.73. The van der Waals surface area contributed by atoms with Crippen molar-refractivity contribution in [2.24, 2.45) is 5.92 Å². The third kappa shape index (κ3) is 3.13. The van der Waals surface area contributed by atoms with Crippen LogP contribution in [0.2, 0.25) is 0 Å². The fourth-order valence-corrected chi connectivity index (χ4v) is 4.81. The molecule has 0 radical (unpaired) electrons. The first-order valence-corrected chi connectivity index (χ1v) is 10.1. The number of benzene rings is 1. The highest BCUT2D eigenvalue weighted by Crippen LogP contribution is 2.33. The first-order chi connectivity index (χ1) is 12.5. The Bertz CT molecular complexity index is 782. The van der Waals surface area contributed by atoms with Crippen molar-refractivity contribution in [3.05, 3.63) is 30.1 Å². The number of rotatable bonds is 4. The van der Waals surface area contributed by atoms with Gasteiger partial charge in [-0.25, -0.2) is 4.98 Å². The molecule has 2 aliphatic rings. The maximum atomic E-state index is 12.9. The number of para-hydroxylation sites is 2. The summed E-state index contributed by atoms with van der Waals surface area (Å²) in [6, 6.07) is 8.86. The van der Waals surface area contributed by atoms with Crippen molar-refractivity contribution in [1.29, 1.82) is 0 Å². The minimum Gasteiger partial charge on any atom is -0.345 e. The van der Waals surface area contributed by atoms with E-state index in [1.54, 1.807) is 0 Å². The SMILES string of the molecule is CC(NC(=O)C1CC2CCCCC2N1)c1nc2ccccc2n1C(C)C. The summed E-state index contributed by atoms with van der Waals surface area (Å²) in [4.78, 5) is 17.7. The molecule has 1 aliphatic heterocycles. The van der Waals surface area contributed by atoms with Crippen molar-refractivity contribution in [2.75, 3.05) is 0 Å². The van der Waals surface area contributed by atoms with E-state index in [4.69, 9.17) is 4.98 Å². The van der Waals surface area contributed by atoms with Gasteiger partial charge in [0, 0.05) is 12.1 Å². The Labute approximate surface area is 155 Å². The molecule has 4 unspecified atom stereocenters. The smallest absolute Gasteiger partial charge is 0.237 e. The number of amides is 1. The van der Waals surface area contributed by atoms with Gasteiger partial charge in [0.05, 0.1) is 23.1 Å². The van der Waals surface area contributed by atoms with Gasteiger partial charge in [-0.05, 0) is 58.1 Å². The first kappa shape index (κ1) is 17.5. The molecule has 4 rings (SSSR count). The largest absolute Gasteiger partial charge is 0.345 e. The third-order valence-electron chi connectivity index (χ3n) is 6.06. The lowest BCUT2D eigenvalue weighted by molar-refractivity contribution is -0.123. The van der Waals surface area contributed by atoms with Crippen molar-refractivity contribution >= 4 is 16.9 Å². The number of carbonyl (C=O) groups is 1. The minimum absolute atomic E-state index is 0.0533. The van der Waals surface area contributed by atoms with E-state index >= 15 is 0 Å². The highest BCUT2D eigenvalue weighted by atomic mass is 16.2. The number of nitrogens with zero attached hydrogens (tertiary/aromatic N) is 2. The van der Waals surface area contributed by atoms with Crippen molar-refractivity contribution < 1.29 is 4.79 Å². The second-order valence-corrected chi connectivity index (χ2v) is 8.26. The van der Waals surface area contributed by atoms with Gasteiger partial charge in [-0.15, -0.1) is 0 Å². The second-order valence-electron chi connectivity index (χ2n) is 8.26. The molecule has 2 aromatic rings. The minimum atomic E-state index is -0.110. The Morgan fingerprint density at radius 1 is 1.23 bits per heavy atom. The molecule has 2 heterocycles. The van der Waals surface area contributed by atoms with E-state index in [2.05, 4.69) is 35.1 Å². The average Bonchev–Trinajstić information content (AvgIpc) is 3.23. The summed E-state index contributed by atoms with van der Waals surface area (Å²) < 4.78 is 2.24. The first-order valence-electron chi connectivity index (χ1n) is 10.1. The Morgan fingerprint density at radius 2 is 2.00 bits per heavy atom. The maximum Gasteiger partial charge on any atom is 0.237 e. The summed E-state index contributed by atoms with van der Waals surface area (Å²) in [5, 5.41) is 6.79. The van der Waals surface area contributed by atoms with Crippen LogP contribution in [-0.4, -0.2) is 27.5 Å². The molecule has 1 amide bonds. The Balaban J connectivity index is 1.51. The van der Waals surface area contributed by atoms with Gasteiger partial charge in [0.2, 0.25) is 5.91 Å². The monoisotopic (exact) mass is 354 g/mol. The second kappa shape index (κ2) is 7.03. The summed E-state index contributed by atoms with van der Waals surface area (Å²) >= 11 is 0. The van der Waals surface area contributed by atoms with Gasteiger partial charge >= 0.3 is 0 Å². The molecule has 140 valence electrons. The van der Waals surface area contributed by atoms with Gasteiger partial charge in [0.25, 0.3) is 0 Å². The Morgan fingerprint density at radius 3 is 2.77 bits per heavy atom. The molecular formula is C21H30N4O. The average molecular weight is 354 g/mol. The van der Waals surface area contributed by atoms with Crippen LogP contribution in [0.3, 0.4) is 0 Å². The molecule has 0 spiro atoms. The predicted molar refractivity (Wildman–Crippen MR) is 104 cm³/mol. The molecule has 1 aromatic heterocycles. The standard InChI is InChI=1S/C21H30N4O/c1-13(2)25-19-11-7-6-10-17(19)24-20(25)14(3)22-21(26)18-12-15-8-4-5-9-16(15)23-18/h6-7,10-11,13-16,18,23H,4-5,8-9,12H2,1-3H3,(H,22,26). The van der Waals surface area contributed by atoms with Crippen LogP contribution in [0.4, 0.5) is 0 Å². The van der Waals surface area contributed by atoms with Crippen LogP contribution in [0, 0.1) is 5.92 Å². The predicted octanol–water partition coefficient (Wildman–Crippen LogP) is 3.72. The highest BCUT2D eigenvalue weighted by Gasteiger charge is 2.38.